The Morgan fingerprint density at radius 1 is 1.17 bits per heavy atom. The van der Waals surface area contributed by atoms with Gasteiger partial charge in [-0.25, -0.2) is 4.79 Å². The molecule has 0 aliphatic rings. The molecular weight excluding hydrogens is 349 g/mol. The van der Waals surface area contributed by atoms with Crippen molar-refractivity contribution in [2.24, 2.45) is 0 Å². The van der Waals surface area contributed by atoms with Gasteiger partial charge in [-0.2, -0.15) is 0 Å². The third-order valence-corrected chi connectivity index (χ3v) is 4.24. The molecule has 1 N–H and O–H groups in total. The van der Waals surface area contributed by atoms with E-state index in [-0.39, 0.29) is 12.1 Å². The van der Waals surface area contributed by atoms with Crippen molar-refractivity contribution in [3.8, 4) is 0 Å². The number of fused-ring (bicyclic) bond motifs is 1. The van der Waals surface area contributed by atoms with E-state index in [0.29, 0.717) is 26.6 Å². The van der Waals surface area contributed by atoms with Crippen LogP contribution in [0.15, 0.2) is 51.7 Å². The number of hydrogen-bond acceptors (Lipinski definition) is 3. The number of amides is 1. The van der Waals surface area contributed by atoms with Crippen molar-refractivity contribution >= 4 is 40.1 Å². The molecule has 0 aliphatic heterocycles. The van der Waals surface area contributed by atoms with Crippen LogP contribution in [0.2, 0.25) is 10.0 Å². The normalized spacial score (nSPS) is 10.8. The lowest BCUT2D eigenvalue weighted by Gasteiger charge is -2.08. The number of benzene rings is 2. The monoisotopic (exact) mass is 361 g/mol. The molecule has 1 amide bonds. The number of halogens is 2. The molecule has 0 fully saturated rings. The first-order chi connectivity index (χ1) is 11.5. The van der Waals surface area contributed by atoms with E-state index < -0.39 is 11.5 Å². The Bertz CT molecular complexity index is 995. The van der Waals surface area contributed by atoms with E-state index in [9.17, 15) is 9.59 Å². The van der Waals surface area contributed by atoms with E-state index in [2.05, 4.69) is 5.32 Å². The SMILES string of the molecule is Cc1cccc2cc(C(=O)NCc3ccc(Cl)cc3Cl)c(=O)oc12. The number of carbonyl (C=O) groups excluding carboxylic acids is 1. The lowest BCUT2D eigenvalue weighted by atomic mass is 10.1. The minimum Gasteiger partial charge on any atom is -0.422 e. The fourth-order valence-electron chi connectivity index (χ4n) is 2.38. The second-order valence-corrected chi connectivity index (χ2v) is 6.20. The van der Waals surface area contributed by atoms with Gasteiger partial charge in [0.05, 0.1) is 0 Å². The molecule has 0 spiro atoms. The van der Waals surface area contributed by atoms with E-state index in [0.717, 1.165) is 5.56 Å². The highest BCUT2D eigenvalue weighted by atomic mass is 35.5. The van der Waals surface area contributed by atoms with Crippen molar-refractivity contribution in [3.05, 3.63) is 79.6 Å². The average Bonchev–Trinajstić information content (AvgIpc) is 2.54. The first-order valence-electron chi connectivity index (χ1n) is 7.21. The summed E-state index contributed by atoms with van der Waals surface area (Å²) < 4.78 is 5.28. The molecule has 0 radical (unpaired) electrons. The molecule has 3 rings (SSSR count). The van der Waals surface area contributed by atoms with E-state index >= 15 is 0 Å². The summed E-state index contributed by atoms with van der Waals surface area (Å²) in [5.41, 5.74) is 1.31. The van der Waals surface area contributed by atoms with Crippen LogP contribution in [0.1, 0.15) is 21.5 Å². The summed E-state index contributed by atoms with van der Waals surface area (Å²) in [6, 6.07) is 12.0. The molecule has 0 saturated heterocycles. The lowest BCUT2D eigenvalue weighted by Crippen LogP contribution is -2.28. The maximum Gasteiger partial charge on any atom is 0.349 e. The van der Waals surface area contributed by atoms with Gasteiger partial charge in [0, 0.05) is 22.0 Å². The molecular formula is C18H13Cl2NO3. The molecule has 2 aromatic carbocycles. The van der Waals surface area contributed by atoms with E-state index in [1.807, 2.05) is 19.1 Å². The maximum absolute atomic E-state index is 12.3. The Morgan fingerprint density at radius 3 is 2.71 bits per heavy atom. The highest BCUT2D eigenvalue weighted by Gasteiger charge is 2.14. The second kappa shape index (κ2) is 6.67. The van der Waals surface area contributed by atoms with Crippen molar-refractivity contribution in [2.45, 2.75) is 13.5 Å². The zero-order chi connectivity index (χ0) is 17.3. The summed E-state index contributed by atoms with van der Waals surface area (Å²) in [6.07, 6.45) is 0. The molecule has 1 heterocycles. The van der Waals surface area contributed by atoms with E-state index in [4.69, 9.17) is 27.6 Å². The Kier molecular flexibility index (Phi) is 4.60. The first kappa shape index (κ1) is 16.6. The molecule has 1 aromatic heterocycles. The maximum atomic E-state index is 12.3. The zero-order valence-electron chi connectivity index (χ0n) is 12.7. The standard InChI is InChI=1S/C18H13Cl2NO3/c1-10-3-2-4-11-7-14(18(23)24-16(10)11)17(22)21-9-12-5-6-13(19)8-15(12)20/h2-8H,9H2,1H3,(H,21,22). The second-order valence-electron chi connectivity index (χ2n) is 5.36. The van der Waals surface area contributed by atoms with Crippen molar-refractivity contribution < 1.29 is 9.21 Å². The fraction of sp³-hybridized carbons (Fsp3) is 0.111. The lowest BCUT2D eigenvalue weighted by molar-refractivity contribution is 0.0947. The summed E-state index contributed by atoms with van der Waals surface area (Å²) in [7, 11) is 0. The highest BCUT2D eigenvalue weighted by molar-refractivity contribution is 6.35. The molecule has 0 aliphatic carbocycles. The van der Waals surface area contributed by atoms with Gasteiger partial charge in [0.2, 0.25) is 0 Å². The van der Waals surface area contributed by atoms with Gasteiger partial charge in [0.25, 0.3) is 5.91 Å². The summed E-state index contributed by atoms with van der Waals surface area (Å²) in [6.45, 7) is 2.02. The molecule has 0 atom stereocenters. The van der Waals surface area contributed by atoms with Gasteiger partial charge in [-0.3, -0.25) is 4.79 Å². The van der Waals surface area contributed by atoms with Crippen LogP contribution < -0.4 is 10.9 Å². The Morgan fingerprint density at radius 2 is 1.96 bits per heavy atom. The predicted octanol–water partition coefficient (Wildman–Crippen LogP) is 4.34. The van der Waals surface area contributed by atoms with Crippen LogP contribution in [-0.2, 0) is 6.54 Å². The molecule has 0 unspecified atom stereocenters. The van der Waals surface area contributed by atoms with Crippen LogP contribution in [0.5, 0.6) is 0 Å². The van der Waals surface area contributed by atoms with E-state index in [1.165, 1.54) is 6.07 Å². The highest BCUT2D eigenvalue weighted by Crippen LogP contribution is 2.21. The third kappa shape index (κ3) is 3.30. The van der Waals surface area contributed by atoms with Gasteiger partial charge in [0.15, 0.2) is 0 Å². The van der Waals surface area contributed by atoms with Gasteiger partial charge in [0.1, 0.15) is 11.1 Å². The number of rotatable bonds is 3. The van der Waals surface area contributed by atoms with Crippen molar-refractivity contribution in [1.29, 1.82) is 0 Å². The third-order valence-electron chi connectivity index (χ3n) is 3.66. The summed E-state index contributed by atoms with van der Waals surface area (Å²) in [5.74, 6) is -0.516. The van der Waals surface area contributed by atoms with Crippen molar-refractivity contribution in [1.82, 2.24) is 5.32 Å². The van der Waals surface area contributed by atoms with Crippen LogP contribution in [-0.4, -0.2) is 5.91 Å². The van der Waals surface area contributed by atoms with Crippen LogP contribution in [0.4, 0.5) is 0 Å². The Balaban J connectivity index is 1.86. The Hall–Kier alpha value is -2.30. The van der Waals surface area contributed by atoms with Gasteiger partial charge < -0.3 is 9.73 Å². The number of hydrogen-bond donors (Lipinski definition) is 1. The summed E-state index contributed by atoms with van der Waals surface area (Å²) >= 11 is 11.9. The average molecular weight is 362 g/mol. The number of carbonyl (C=O) groups is 1. The molecule has 122 valence electrons. The minimum atomic E-state index is -0.670. The number of nitrogens with one attached hydrogen (secondary N) is 1. The molecule has 4 nitrogen and oxygen atoms in total. The van der Waals surface area contributed by atoms with Gasteiger partial charge >= 0.3 is 5.63 Å². The largest absolute Gasteiger partial charge is 0.422 e. The molecule has 24 heavy (non-hydrogen) atoms. The minimum absolute atomic E-state index is 0.0433. The van der Waals surface area contributed by atoms with Crippen molar-refractivity contribution in [2.75, 3.05) is 0 Å². The van der Waals surface area contributed by atoms with Crippen LogP contribution in [0.25, 0.3) is 11.0 Å². The topological polar surface area (TPSA) is 59.3 Å². The predicted molar refractivity (Wildman–Crippen MR) is 94.9 cm³/mol. The Labute approximate surface area is 148 Å². The number of para-hydroxylation sites is 1. The van der Waals surface area contributed by atoms with E-state index in [1.54, 1.807) is 24.3 Å². The van der Waals surface area contributed by atoms with Crippen molar-refractivity contribution in [3.63, 3.8) is 0 Å². The van der Waals surface area contributed by atoms with Gasteiger partial charge in [-0.15, -0.1) is 0 Å². The fourth-order valence-corrected chi connectivity index (χ4v) is 2.86. The molecule has 0 bridgehead atoms. The summed E-state index contributed by atoms with van der Waals surface area (Å²) in [4.78, 5) is 24.4. The quantitative estimate of drug-likeness (QED) is 0.706. The number of aryl methyl sites for hydroxylation is 1. The first-order valence-corrected chi connectivity index (χ1v) is 7.97. The van der Waals surface area contributed by atoms with Gasteiger partial charge in [-0.05, 0) is 36.2 Å². The van der Waals surface area contributed by atoms with Gasteiger partial charge in [-0.1, -0.05) is 47.5 Å². The summed E-state index contributed by atoms with van der Waals surface area (Å²) in [5, 5.41) is 4.33. The smallest absolute Gasteiger partial charge is 0.349 e. The molecule has 0 saturated carbocycles. The van der Waals surface area contributed by atoms with Crippen LogP contribution in [0, 0.1) is 6.92 Å². The van der Waals surface area contributed by atoms with Crippen LogP contribution >= 0.6 is 23.2 Å². The zero-order valence-corrected chi connectivity index (χ0v) is 14.2. The molecule has 3 aromatic rings. The van der Waals surface area contributed by atoms with Crippen LogP contribution in [0.3, 0.4) is 0 Å². The molecule has 6 heteroatoms.